The van der Waals surface area contributed by atoms with E-state index in [-0.39, 0.29) is 12.5 Å². The summed E-state index contributed by atoms with van der Waals surface area (Å²) in [5.41, 5.74) is 4.53. The van der Waals surface area contributed by atoms with Crippen LogP contribution in [0.25, 0.3) is 11.2 Å². The van der Waals surface area contributed by atoms with Gasteiger partial charge in [-0.1, -0.05) is 6.07 Å². The maximum absolute atomic E-state index is 12.3. The number of nitrogens with zero attached hydrogens (tertiary/aromatic N) is 4. The third kappa shape index (κ3) is 3.19. The maximum atomic E-state index is 12.3. The van der Waals surface area contributed by atoms with Gasteiger partial charge < -0.3 is 9.88 Å². The summed E-state index contributed by atoms with van der Waals surface area (Å²) in [6.45, 7) is 4.24. The first-order valence-electron chi connectivity index (χ1n) is 7.15. The van der Waals surface area contributed by atoms with Crippen LogP contribution in [0.4, 0.5) is 5.69 Å². The number of hydrogen-bond donors (Lipinski definition) is 1. The highest BCUT2D eigenvalue weighted by Gasteiger charge is 2.12. The fourth-order valence-corrected chi connectivity index (χ4v) is 2.88. The lowest BCUT2D eigenvalue weighted by atomic mass is 10.1. The van der Waals surface area contributed by atoms with Crippen LogP contribution >= 0.6 is 11.8 Å². The second kappa shape index (κ2) is 6.37. The molecule has 0 bridgehead atoms. The van der Waals surface area contributed by atoms with E-state index in [9.17, 15) is 4.79 Å². The predicted octanol–water partition coefficient (Wildman–Crippen LogP) is 2.80. The van der Waals surface area contributed by atoms with Crippen molar-refractivity contribution in [1.82, 2.24) is 19.5 Å². The number of carbonyl (C=O) groups excluding carboxylic acids is 1. The van der Waals surface area contributed by atoms with Crippen LogP contribution in [0.3, 0.4) is 0 Å². The number of aromatic nitrogens is 4. The molecule has 0 aliphatic rings. The predicted molar refractivity (Wildman–Crippen MR) is 91.6 cm³/mol. The molecule has 0 radical (unpaired) electrons. The molecule has 2 heterocycles. The number of nitrogens with one attached hydrogen (secondary N) is 1. The zero-order chi connectivity index (χ0) is 16.4. The largest absolute Gasteiger partial charge is 0.325 e. The van der Waals surface area contributed by atoms with Gasteiger partial charge in [0, 0.05) is 5.69 Å². The van der Waals surface area contributed by atoms with Crippen molar-refractivity contribution < 1.29 is 4.79 Å². The number of hydrogen-bond acceptors (Lipinski definition) is 5. The maximum Gasteiger partial charge on any atom is 0.244 e. The SMILES string of the molecule is CSc1ncnc2ncn(CC(=O)Nc3ccc(C)c(C)c3)c12. The topological polar surface area (TPSA) is 72.7 Å². The number of anilines is 1. The van der Waals surface area contributed by atoms with Crippen LogP contribution in [0, 0.1) is 13.8 Å². The average molecular weight is 327 g/mol. The summed E-state index contributed by atoms with van der Waals surface area (Å²) in [7, 11) is 0. The molecule has 118 valence electrons. The van der Waals surface area contributed by atoms with E-state index in [0.717, 1.165) is 21.8 Å². The lowest BCUT2D eigenvalue weighted by Crippen LogP contribution is -2.18. The molecular formula is C16H17N5OS. The average Bonchev–Trinajstić information content (AvgIpc) is 2.94. The van der Waals surface area contributed by atoms with Crippen LogP contribution in [0.15, 0.2) is 35.9 Å². The van der Waals surface area contributed by atoms with Gasteiger partial charge in [0.2, 0.25) is 5.91 Å². The third-order valence-corrected chi connectivity index (χ3v) is 4.36. The second-order valence-corrected chi connectivity index (χ2v) is 6.07. The van der Waals surface area contributed by atoms with Crippen LogP contribution in [-0.4, -0.2) is 31.7 Å². The molecule has 0 aliphatic heterocycles. The van der Waals surface area contributed by atoms with Crippen molar-refractivity contribution >= 4 is 34.5 Å². The van der Waals surface area contributed by atoms with Gasteiger partial charge in [-0.25, -0.2) is 15.0 Å². The zero-order valence-electron chi connectivity index (χ0n) is 13.2. The summed E-state index contributed by atoms with van der Waals surface area (Å²) in [6, 6.07) is 5.87. The number of amides is 1. The smallest absolute Gasteiger partial charge is 0.244 e. The van der Waals surface area contributed by atoms with Crippen LogP contribution in [-0.2, 0) is 11.3 Å². The first-order valence-corrected chi connectivity index (χ1v) is 8.38. The third-order valence-electron chi connectivity index (χ3n) is 3.67. The molecule has 23 heavy (non-hydrogen) atoms. The summed E-state index contributed by atoms with van der Waals surface area (Å²) in [4.78, 5) is 24.9. The highest BCUT2D eigenvalue weighted by molar-refractivity contribution is 7.98. The van der Waals surface area contributed by atoms with Gasteiger partial charge in [0.15, 0.2) is 5.65 Å². The number of rotatable bonds is 4. The van der Waals surface area contributed by atoms with Gasteiger partial charge in [-0.3, -0.25) is 4.79 Å². The first kappa shape index (κ1) is 15.5. The van der Waals surface area contributed by atoms with Gasteiger partial charge >= 0.3 is 0 Å². The van der Waals surface area contributed by atoms with Gasteiger partial charge in [0.1, 0.15) is 23.4 Å². The Labute approximate surface area is 138 Å². The fourth-order valence-electron chi connectivity index (χ4n) is 2.33. The van der Waals surface area contributed by atoms with Gasteiger partial charge in [0.25, 0.3) is 0 Å². The Morgan fingerprint density at radius 1 is 1.22 bits per heavy atom. The van der Waals surface area contributed by atoms with E-state index >= 15 is 0 Å². The minimum absolute atomic E-state index is 0.108. The molecule has 1 amide bonds. The Balaban J connectivity index is 1.81. The van der Waals surface area contributed by atoms with E-state index in [1.54, 1.807) is 10.9 Å². The van der Waals surface area contributed by atoms with E-state index in [1.165, 1.54) is 23.7 Å². The highest BCUT2D eigenvalue weighted by atomic mass is 32.2. The van der Waals surface area contributed by atoms with E-state index in [4.69, 9.17) is 0 Å². The van der Waals surface area contributed by atoms with Crippen LogP contribution in [0.5, 0.6) is 0 Å². The molecule has 0 saturated carbocycles. The number of aryl methyl sites for hydroxylation is 2. The Bertz CT molecular complexity index is 874. The highest BCUT2D eigenvalue weighted by Crippen LogP contribution is 2.22. The second-order valence-electron chi connectivity index (χ2n) is 5.27. The molecule has 0 aliphatic carbocycles. The van der Waals surface area contributed by atoms with Crippen molar-refractivity contribution in [2.75, 3.05) is 11.6 Å². The Morgan fingerprint density at radius 2 is 2.04 bits per heavy atom. The van der Waals surface area contributed by atoms with Gasteiger partial charge in [-0.05, 0) is 43.4 Å². The van der Waals surface area contributed by atoms with E-state index in [1.807, 2.05) is 38.3 Å². The minimum atomic E-state index is -0.108. The van der Waals surface area contributed by atoms with Crippen molar-refractivity contribution in [1.29, 1.82) is 0 Å². The quantitative estimate of drug-likeness (QED) is 0.589. The van der Waals surface area contributed by atoms with Gasteiger partial charge in [-0.15, -0.1) is 11.8 Å². The molecule has 0 spiro atoms. The first-order chi connectivity index (χ1) is 11.1. The standard InChI is InChI=1S/C16H17N5OS/c1-10-4-5-12(6-11(10)2)20-13(22)7-21-9-19-15-14(21)16(23-3)18-8-17-15/h4-6,8-9H,7H2,1-3H3,(H,20,22). The fraction of sp³-hybridized carbons (Fsp3) is 0.250. The number of carbonyl (C=O) groups is 1. The number of fused-ring (bicyclic) bond motifs is 1. The molecular weight excluding hydrogens is 310 g/mol. The molecule has 1 N–H and O–H groups in total. The molecule has 0 unspecified atom stereocenters. The number of benzene rings is 1. The van der Waals surface area contributed by atoms with Crippen LogP contribution < -0.4 is 5.32 Å². The molecule has 0 saturated heterocycles. The van der Waals surface area contributed by atoms with Crippen molar-refractivity contribution in [2.45, 2.75) is 25.4 Å². The van der Waals surface area contributed by atoms with Gasteiger partial charge in [0.05, 0.1) is 6.33 Å². The van der Waals surface area contributed by atoms with Crippen LogP contribution in [0.1, 0.15) is 11.1 Å². The zero-order valence-corrected chi connectivity index (χ0v) is 14.0. The summed E-state index contributed by atoms with van der Waals surface area (Å²) in [6.07, 6.45) is 5.05. The number of thioether (sulfide) groups is 1. The van der Waals surface area contributed by atoms with Crippen molar-refractivity contribution in [3.8, 4) is 0 Å². The van der Waals surface area contributed by atoms with Crippen molar-refractivity contribution in [2.24, 2.45) is 0 Å². The van der Waals surface area contributed by atoms with Crippen molar-refractivity contribution in [3.63, 3.8) is 0 Å². The normalized spacial score (nSPS) is 10.9. The summed E-state index contributed by atoms with van der Waals surface area (Å²) < 4.78 is 1.78. The number of imidazole rings is 1. The molecule has 0 atom stereocenters. The summed E-state index contributed by atoms with van der Waals surface area (Å²) in [5.74, 6) is -0.108. The van der Waals surface area contributed by atoms with E-state index in [0.29, 0.717) is 5.65 Å². The van der Waals surface area contributed by atoms with Gasteiger partial charge in [-0.2, -0.15) is 0 Å². The molecule has 1 aromatic carbocycles. The van der Waals surface area contributed by atoms with E-state index < -0.39 is 0 Å². The Kier molecular flexibility index (Phi) is 4.29. The molecule has 6 nitrogen and oxygen atoms in total. The molecule has 3 rings (SSSR count). The lowest BCUT2D eigenvalue weighted by molar-refractivity contribution is -0.116. The van der Waals surface area contributed by atoms with Crippen LogP contribution in [0.2, 0.25) is 0 Å². The molecule has 7 heteroatoms. The molecule has 0 fully saturated rings. The van der Waals surface area contributed by atoms with E-state index in [2.05, 4.69) is 20.3 Å². The lowest BCUT2D eigenvalue weighted by Gasteiger charge is -2.09. The molecule has 3 aromatic rings. The van der Waals surface area contributed by atoms with Crippen molar-refractivity contribution in [3.05, 3.63) is 42.0 Å². The summed E-state index contributed by atoms with van der Waals surface area (Å²) in [5, 5.41) is 3.73. The Hall–Kier alpha value is -2.41. The monoisotopic (exact) mass is 327 g/mol. The molecule has 2 aromatic heterocycles. The summed E-state index contributed by atoms with van der Waals surface area (Å²) >= 11 is 1.51. The minimum Gasteiger partial charge on any atom is -0.325 e. The Morgan fingerprint density at radius 3 is 2.78 bits per heavy atom.